The Labute approximate surface area is 72.0 Å². The van der Waals surface area contributed by atoms with Crippen LogP contribution in [-0.2, 0) is 9.59 Å². The third-order valence-corrected chi connectivity index (χ3v) is 1.80. The summed E-state index contributed by atoms with van der Waals surface area (Å²) in [7, 11) is 2.21. The molecule has 0 saturated carbocycles. The molecule has 0 aromatic rings. The van der Waals surface area contributed by atoms with E-state index in [-0.39, 0.29) is 6.42 Å². The van der Waals surface area contributed by atoms with Gasteiger partial charge in [-0.2, -0.15) is 9.12 Å². The number of carbonyl (C=O) groups excluding carboxylic acids is 2. The molecule has 10 heavy (non-hydrogen) atoms. The lowest BCUT2D eigenvalue weighted by Gasteiger charge is -2.02. The van der Waals surface area contributed by atoms with E-state index in [1.165, 1.54) is 7.00 Å². The van der Waals surface area contributed by atoms with Crippen LogP contribution >= 0.6 is 32.3 Å². The fourth-order valence-corrected chi connectivity index (χ4v) is 1.15. The van der Waals surface area contributed by atoms with E-state index in [2.05, 4.69) is 9.12 Å². The van der Waals surface area contributed by atoms with Gasteiger partial charge in [-0.05, 0) is 23.2 Å². The van der Waals surface area contributed by atoms with Gasteiger partial charge in [0.15, 0.2) is 7.00 Å². The molecule has 0 bridgehead atoms. The van der Waals surface area contributed by atoms with Crippen LogP contribution in [0.1, 0.15) is 6.42 Å². The van der Waals surface area contributed by atoms with E-state index in [9.17, 15) is 9.59 Å². The van der Waals surface area contributed by atoms with Crippen LogP contribution in [0.15, 0.2) is 0 Å². The molecule has 0 aromatic carbocycles. The van der Waals surface area contributed by atoms with Crippen molar-refractivity contribution in [2.45, 2.75) is 12.2 Å². The zero-order valence-electron chi connectivity index (χ0n) is 5.01. The SMILES string of the molecule is O=C(Cl)CC([B]P)C(=O)Cl. The Morgan fingerprint density at radius 3 is 2.10 bits per heavy atom. The van der Waals surface area contributed by atoms with Crippen molar-refractivity contribution in [3.8, 4) is 0 Å². The fraction of sp³-hybridized carbons (Fsp3) is 0.500. The fourth-order valence-electron chi connectivity index (χ4n) is 0.397. The van der Waals surface area contributed by atoms with Crippen molar-refractivity contribution < 1.29 is 9.59 Å². The Hall–Kier alpha value is 0.415. The van der Waals surface area contributed by atoms with E-state index in [0.717, 1.165) is 0 Å². The molecule has 0 spiro atoms. The highest BCUT2D eigenvalue weighted by Gasteiger charge is 2.17. The first-order valence-electron chi connectivity index (χ1n) is 2.50. The van der Waals surface area contributed by atoms with Gasteiger partial charge in [0.25, 0.3) is 0 Å². The van der Waals surface area contributed by atoms with Crippen LogP contribution in [0.25, 0.3) is 0 Å². The predicted molar refractivity (Wildman–Crippen MR) is 45.6 cm³/mol. The second-order valence-corrected chi connectivity index (χ2v) is 2.84. The van der Waals surface area contributed by atoms with Crippen molar-refractivity contribution in [3.63, 3.8) is 0 Å². The van der Waals surface area contributed by atoms with Crippen molar-refractivity contribution in [1.29, 1.82) is 0 Å². The number of hydrogen-bond acceptors (Lipinski definition) is 2. The maximum Gasteiger partial charge on any atom is 0.221 e. The van der Waals surface area contributed by atoms with Crippen LogP contribution in [0.5, 0.6) is 0 Å². The zero-order valence-corrected chi connectivity index (χ0v) is 7.68. The average Bonchev–Trinajstić information content (AvgIpc) is 1.81. The average molecular weight is 198 g/mol. The molecule has 2 nitrogen and oxygen atoms in total. The topological polar surface area (TPSA) is 34.1 Å². The van der Waals surface area contributed by atoms with Gasteiger partial charge in [-0.3, -0.25) is 9.59 Å². The lowest BCUT2D eigenvalue weighted by Crippen LogP contribution is -2.08. The summed E-state index contributed by atoms with van der Waals surface area (Å²) in [4.78, 5) is 20.7. The molecule has 0 aliphatic rings. The molecule has 0 aliphatic carbocycles. The van der Waals surface area contributed by atoms with Gasteiger partial charge in [-0.1, -0.05) is 0 Å². The van der Waals surface area contributed by atoms with Crippen molar-refractivity contribution >= 4 is 49.8 Å². The summed E-state index contributed by atoms with van der Waals surface area (Å²) in [6.45, 7) is 1.47. The molecule has 6 heteroatoms. The van der Waals surface area contributed by atoms with Gasteiger partial charge in [-0.15, -0.1) is 0 Å². The van der Waals surface area contributed by atoms with E-state index < -0.39 is 16.3 Å². The Bertz CT molecular complexity index is 152. The van der Waals surface area contributed by atoms with Crippen LogP contribution in [0.2, 0.25) is 5.82 Å². The lowest BCUT2D eigenvalue weighted by molar-refractivity contribution is -0.116. The molecule has 0 aliphatic heterocycles. The van der Waals surface area contributed by atoms with Crippen LogP contribution in [0, 0.1) is 0 Å². The van der Waals surface area contributed by atoms with Crippen LogP contribution in [0.4, 0.5) is 0 Å². The molecule has 0 fully saturated rings. The summed E-state index contributed by atoms with van der Waals surface area (Å²) in [5, 5.41) is -1.12. The summed E-state index contributed by atoms with van der Waals surface area (Å²) in [6.07, 6.45) is -0.0343. The highest BCUT2D eigenvalue weighted by Crippen LogP contribution is 2.16. The molecular formula is C4H5BCl2O2P. The van der Waals surface area contributed by atoms with Crippen LogP contribution < -0.4 is 0 Å². The molecule has 55 valence electrons. The van der Waals surface area contributed by atoms with Crippen molar-refractivity contribution in [2.24, 2.45) is 0 Å². The Kier molecular flexibility index (Phi) is 5.33. The number of rotatable bonds is 4. The van der Waals surface area contributed by atoms with E-state index in [4.69, 9.17) is 23.2 Å². The van der Waals surface area contributed by atoms with Crippen LogP contribution in [0.3, 0.4) is 0 Å². The van der Waals surface area contributed by atoms with Crippen molar-refractivity contribution in [1.82, 2.24) is 0 Å². The second-order valence-electron chi connectivity index (χ2n) is 1.66. The molecule has 0 heterocycles. The second kappa shape index (κ2) is 5.12. The van der Waals surface area contributed by atoms with Crippen molar-refractivity contribution in [3.05, 3.63) is 0 Å². The van der Waals surface area contributed by atoms with E-state index in [1.54, 1.807) is 0 Å². The van der Waals surface area contributed by atoms with Gasteiger partial charge in [0.2, 0.25) is 10.5 Å². The zero-order chi connectivity index (χ0) is 8.15. The van der Waals surface area contributed by atoms with Gasteiger partial charge in [0.05, 0.1) is 0 Å². The standard InChI is InChI=1S/C4H5BCl2O2P/c6-3(8)1-2(5-10)4(7)9/h2H,1,10H2. The molecule has 0 N–H and O–H groups in total. The summed E-state index contributed by atoms with van der Waals surface area (Å²) in [5.41, 5.74) is 0. The van der Waals surface area contributed by atoms with Gasteiger partial charge in [0.1, 0.15) is 0 Å². The molecule has 0 aromatic heterocycles. The normalized spacial score (nSPS) is 12.3. The molecule has 1 radical (unpaired) electrons. The first kappa shape index (κ1) is 10.4. The predicted octanol–water partition coefficient (Wildman–Crippen LogP) is 1.19. The summed E-state index contributed by atoms with van der Waals surface area (Å²) < 4.78 is 0. The van der Waals surface area contributed by atoms with Crippen LogP contribution in [-0.4, -0.2) is 17.5 Å². The highest BCUT2D eigenvalue weighted by atomic mass is 35.5. The summed E-state index contributed by atoms with van der Waals surface area (Å²) >= 11 is 10.1. The smallest absolute Gasteiger partial charge is 0.221 e. The molecule has 0 amide bonds. The van der Waals surface area contributed by atoms with Gasteiger partial charge < -0.3 is 0 Å². The first-order chi connectivity index (χ1) is 4.57. The monoisotopic (exact) mass is 197 g/mol. The summed E-state index contributed by atoms with van der Waals surface area (Å²) in [5.74, 6) is -0.573. The lowest BCUT2D eigenvalue weighted by atomic mass is 9.84. The van der Waals surface area contributed by atoms with E-state index >= 15 is 0 Å². The Morgan fingerprint density at radius 1 is 1.50 bits per heavy atom. The third-order valence-electron chi connectivity index (χ3n) is 0.904. The molecule has 2 atom stereocenters. The maximum atomic E-state index is 10.4. The molecular weight excluding hydrogens is 193 g/mol. The molecule has 0 rings (SSSR count). The van der Waals surface area contributed by atoms with E-state index in [0.29, 0.717) is 0 Å². The van der Waals surface area contributed by atoms with E-state index in [1.807, 2.05) is 0 Å². The molecule has 2 unspecified atom stereocenters. The third kappa shape index (κ3) is 4.27. The minimum absolute atomic E-state index is 0.0343. The Balaban J connectivity index is 3.83. The molecule has 0 saturated heterocycles. The quantitative estimate of drug-likeness (QED) is 0.386. The van der Waals surface area contributed by atoms with Gasteiger partial charge in [-0.25, -0.2) is 0 Å². The minimum Gasteiger partial charge on any atom is -0.282 e. The van der Waals surface area contributed by atoms with Crippen molar-refractivity contribution in [2.75, 3.05) is 0 Å². The van der Waals surface area contributed by atoms with Gasteiger partial charge in [0, 0.05) is 12.2 Å². The number of hydrogen-bond donors (Lipinski definition) is 0. The highest BCUT2D eigenvalue weighted by molar-refractivity contribution is 7.56. The largest absolute Gasteiger partial charge is 0.282 e. The van der Waals surface area contributed by atoms with Gasteiger partial charge >= 0.3 is 0 Å². The summed E-state index contributed by atoms with van der Waals surface area (Å²) in [6, 6.07) is 0. The number of halogens is 2. The Morgan fingerprint density at radius 2 is 2.00 bits per heavy atom. The minimum atomic E-state index is -0.573. The first-order valence-corrected chi connectivity index (χ1v) is 3.93. The number of carbonyl (C=O) groups is 2. The maximum absolute atomic E-state index is 10.4.